The molecule has 0 amide bonds. The Morgan fingerprint density at radius 3 is 2.67 bits per heavy atom. The Balaban J connectivity index is 2.76. The Morgan fingerprint density at radius 2 is 2.06 bits per heavy atom. The lowest BCUT2D eigenvalue weighted by molar-refractivity contribution is 0.379. The smallest absolute Gasteiger partial charge is 0.0756 e. The van der Waals surface area contributed by atoms with Gasteiger partial charge in [-0.15, -0.1) is 5.10 Å². The minimum Gasteiger partial charge on any atom is -0.309 e. The molecule has 0 spiro atoms. The molecule has 1 aromatic rings. The maximum Gasteiger partial charge on any atom is 0.0756 e. The summed E-state index contributed by atoms with van der Waals surface area (Å²) in [4.78, 5) is 0. The van der Waals surface area contributed by atoms with Crippen LogP contribution in [0.4, 0.5) is 0 Å². The largest absolute Gasteiger partial charge is 0.309 e. The van der Waals surface area contributed by atoms with Gasteiger partial charge in [-0.05, 0) is 31.7 Å². The van der Waals surface area contributed by atoms with E-state index in [4.69, 9.17) is 0 Å². The number of aryl methyl sites for hydroxylation is 1. The summed E-state index contributed by atoms with van der Waals surface area (Å²) in [6.45, 7) is 11.0. The molecule has 0 aromatic carbocycles. The molecule has 1 N–H and O–H groups in total. The van der Waals surface area contributed by atoms with E-state index >= 15 is 0 Å². The molecule has 0 saturated carbocycles. The Kier molecular flexibility index (Phi) is 6.94. The van der Waals surface area contributed by atoms with Gasteiger partial charge in [0.25, 0.3) is 0 Å². The van der Waals surface area contributed by atoms with Crippen LogP contribution < -0.4 is 5.32 Å². The maximum absolute atomic E-state index is 4.19. The summed E-state index contributed by atoms with van der Waals surface area (Å²) < 4.78 is 2.05. The van der Waals surface area contributed by atoms with Gasteiger partial charge in [-0.1, -0.05) is 39.3 Å². The van der Waals surface area contributed by atoms with Crippen molar-refractivity contribution in [1.82, 2.24) is 20.3 Å². The summed E-state index contributed by atoms with van der Waals surface area (Å²) in [5.41, 5.74) is 1.24. The van der Waals surface area contributed by atoms with E-state index in [-0.39, 0.29) is 0 Å². The van der Waals surface area contributed by atoms with Crippen LogP contribution in [-0.2, 0) is 6.54 Å². The Morgan fingerprint density at radius 1 is 1.28 bits per heavy atom. The molecule has 4 heteroatoms. The lowest BCUT2D eigenvalue weighted by Crippen LogP contribution is -2.26. The SMILES string of the molecule is CCCNC(CC(C)CC)c1cnnn1CCC. The van der Waals surface area contributed by atoms with Crippen LogP contribution in [-0.4, -0.2) is 21.5 Å². The van der Waals surface area contributed by atoms with Crippen LogP contribution in [0.15, 0.2) is 6.20 Å². The van der Waals surface area contributed by atoms with Crippen molar-refractivity contribution in [2.75, 3.05) is 6.54 Å². The highest BCUT2D eigenvalue weighted by Crippen LogP contribution is 2.22. The lowest BCUT2D eigenvalue weighted by atomic mass is 9.97. The number of nitrogens with zero attached hydrogens (tertiary/aromatic N) is 3. The maximum atomic E-state index is 4.19. The number of rotatable bonds is 9. The first-order valence-corrected chi connectivity index (χ1v) is 7.34. The molecule has 4 nitrogen and oxygen atoms in total. The molecule has 0 aliphatic heterocycles. The zero-order valence-electron chi connectivity index (χ0n) is 12.3. The molecule has 18 heavy (non-hydrogen) atoms. The Hall–Kier alpha value is -0.900. The molecule has 104 valence electrons. The molecule has 0 aliphatic rings. The van der Waals surface area contributed by atoms with Gasteiger partial charge in [0.05, 0.1) is 17.9 Å². The van der Waals surface area contributed by atoms with Gasteiger partial charge < -0.3 is 5.32 Å². The van der Waals surface area contributed by atoms with Crippen LogP contribution in [0.3, 0.4) is 0 Å². The van der Waals surface area contributed by atoms with Gasteiger partial charge in [-0.2, -0.15) is 0 Å². The molecule has 0 saturated heterocycles. The van der Waals surface area contributed by atoms with Crippen LogP contribution >= 0.6 is 0 Å². The fourth-order valence-electron chi connectivity index (χ4n) is 2.12. The number of aromatic nitrogens is 3. The number of hydrogen-bond donors (Lipinski definition) is 1. The third-order valence-electron chi connectivity index (χ3n) is 3.42. The second kappa shape index (κ2) is 8.25. The number of nitrogens with one attached hydrogen (secondary N) is 1. The van der Waals surface area contributed by atoms with Gasteiger partial charge in [0.1, 0.15) is 0 Å². The highest BCUT2D eigenvalue weighted by Gasteiger charge is 2.18. The van der Waals surface area contributed by atoms with Gasteiger partial charge in [-0.25, -0.2) is 4.68 Å². The van der Waals surface area contributed by atoms with E-state index in [9.17, 15) is 0 Å². The molecule has 2 atom stereocenters. The van der Waals surface area contributed by atoms with Crippen molar-refractivity contribution in [3.63, 3.8) is 0 Å². The summed E-state index contributed by atoms with van der Waals surface area (Å²) in [6.07, 6.45) is 6.56. The zero-order valence-corrected chi connectivity index (χ0v) is 12.3. The van der Waals surface area contributed by atoms with Gasteiger partial charge in [0, 0.05) is 6.54 Å². The van der Waals surface area contributed by atoms with Crippen LogP contribution in [0.2, 0.25) is 0 Å². The van der Waals surface area contributed by atoms with Crippen LogP contribution in [0.5, 0.6) is 0 Å². The van der Waals surface area contributed by atoms with E-state index in [0.717, 1.165) is 38.3 Å². The molecule has 0 radical (unpaired) electrons. The van der Waals surface area contributed by atoms with Gasteiger partial charge in [0.2, 0.25) is 0 Å². The number of hydrogen-bond acceptors (Lipinski definition) is 3. The van der Waals surface area contributed by atoms with E-state index in [2.05, 4.69) is 48.0 Å². The molecule has 1 heterocycles. The molecular weight excluding hydrogens is 224 g/mol. The van der Waals surface area contributed by atoms with E-state index in [1.807, 2.05) is 6.20 Å². The second-order valence-corrected chi connectivity index (χ2v) is 5.14. The lowest BCUT2D eigenvalue weighted by Gasteiger charge is -2.22. The highest BCUT2D eigenvalue weighted by molar-refractivity contribution is 5.02. The van der Waals surface area contributed by atoms with E-state index in [0.29, 0.717) is 6.04 Å². The summed E-state index contributed by atoms with van der Waals surface area (Å²) in [6, 6.07) is 0.390. The van der Waals surface area contributed by atoms with Crippen molar-refractivity contribution >= 4 is 0 Å². The topological polar surface area (TPSA) is 42.7 Å². The summed E-state index contributed by atoms with van der Waals surface area (Å²) in [5, 5.41) is 11.9. The summed E-state index contributed by atoms with van der Waals surface area (Å²) in [7, 11) is 0. The predicted molar refractivity (Wildman–Crippen MR) is 75.4 cm³/mol. The average molecular weight is 252 g/mol. The molecule has 2 unspecified atom stereocenters. The molecule has 0 bridgehead atoms. The molecule has 1 rings (SSSR count). The van der Waals surface area contributed by atoms with Crippen LogP contribution in [0.25, 0.3) is 0 Å². The second-order valence-electron chi connectivity index (χ2n) is 5.14. The summed E-state index contributed by atoms with van der Waals surface area (Å²) in [5.74, 6) is 0.726. The van der Waals surface area contributed by atoms with Gasteiger partial charge >= 0.3 is 0 Å². The highest BCUT2D eigenvalue weighted by atomic mass is 15.4. The first kappa shape index (κ1) is 15.2. The van der Waals surface area contributed by atoms with Crippen molar-refractivity contribution in [2.45, 2.75) is 66.0 Å². The van der Waals surface area contributed by atoms with E-state index in [1.54, 1.807) is 0 Å². The standard InChI is InChI=1S/C14H28N4/c1-5-8-15-13(10-12(4)7-3)14-11-16-17-18(14)9-6-2/h11-13,15H,5-10H2,1-4H3. The minimum atomic E-state index is 0.390. The molecule has 0 aliphatic carbocycles. The normalized spacial score (nSPS) is 14.7. The average Bonchev–Trinajstić information content (AvgIpc) is 2.82. The Bertz CT molecular complexity index is 321. The van der Waals surface area contributed by atoms with E-state index in [1.165, 1.54) is 12.1 Å². The fourth-order valence-corrected chi connectivity index (χ4v) is 2.12. The van der Waals surface area contributed by atoms with Gasteiger partial charge in [0.15, 0.2) is 0 Å². The van der Waals surface area contributed by atoms with Crippen LogP contribution in [0.1, 0.15) is 65.1 Å². The fraction of sp³-hybridized carbons (Fsp3) is 0.857. The first-order valence-electron chi connectivity index (χ1n) is 7.34. The predicted octanol–water partition coefficient (Wildman–Crippen LogP) is 3.17. The quantitative estimate of drug-likeness (QED) is 0.734. The van der Waals surface area contributed by atoms with Crippen LogP contribution in [0, 0.1) is 5.92 Å². The van der Waals surface area contributed by atoms with Gasteiger partial charge in [-0.3, -0.25) is 0 Å². The van der Waals surface area contributed by atoms with Crippen molar-refractivity contribution < 1.29 is 0 Å². The van der Waals surface area contributed by atoms with Crippen molar-refractivity contribution in [3.05, 3.63) is 11.9 Å². The first-order chi connectivity index (χ1) is 8.72. The zero-order chi connectivity index (χ0) is 13.4. The monoisotopic (exact) mass is 252 g/mol. The minimum absolute atomic E-state index is 0.390. The Labute approximate surface area is 111 Å². The molecule has 0 fully saturated rings. The van der Waals surface area contributed by atoms with Crippen molar-refractivity contribution in [2.24, 2.45) is 5.92 Å². The summed E-state index contributed by atoms with van der Waals surface area (Å²) >= 11 is 0. The third kappa shape index (κ3) is 4.41. The molecule has 1 aromatic heterocycles. The third-order valence-corrected chi connectivity index (χ3v) is 3.42. The van der Waals surface area contributed by atoms with E-state index < -0.39 is 0 Å². The van der Waals surface area contributed by atoms with Crippen molar-refractivity contribution in [3.8, 4) is 0 Å². The van der Waals surface area contributed by atoms with Crippen molar-refractivity contribution in [1.29, 1.82) is 0 Å². The molecular formula is C14H28N4.